The number of halogens is 1. The number of amides is 1. The standard InChI is InChI=1S/C23H25ClN2O2/c1-15(2)21(26-23(28)17-6-4-3-5-7-17)22(27)20-14-18(12-13-25-20)16-8-10-19(24)11-9-16/h3-11,14-15,20-21,25H,12-13H2,1-2H3,(H,26,28). The van der Waals surface area contributed by atoms with Crippen LogP contribution in [0.3, 0.4) is 0 Å². The molecule has 4 nitrogen and oxygen atoms in total. The van der Waals surface area contributed by atoms with Crippen molar-refractivity contribution in [1.29, 1.82) is 0 Å². The zero-order valence-corrected chi connectivity index (χ0v) is 16.9. The van der Waals surface area contributed by atoms with E-state index in [0.717, 1.165) is 17.6 Å². The molecule has 2 N–H and O–H groups in total. The molecule has 0 saturated heterocycles. The molecule has 2 unspecified atom stereocenters. The molecule has 1 aliphatic heterocycles. The minimum absolute atomic E-state index is 0.0173. The number of rotatable bonds is 6. The second-order valence-electron chi connectivity index (χ2n) is 7.34. The zero-order valence-electron chi connectivity index (χ0n) is 16.1. The lowest BCUT2D eigenvalue weighted by Gasteiger charge is -2.28. The van der Waals surface area contributed by atoms with E-state index >= 15 is 0 Å². The van der Waals surface area contributed by atoms with Gasteiger partial charge < -0.3 is 10.6 Å². The second kappa shape index (κ2) is 9.18. The smallest absolute Gasteiger partial charge is 0.251 e. The minimum atomic E-state index is -0.564. The average Bonchev–Trinajstić information content (AvgIpc) is 2.72. The molecule has 5 heteroatoms. The molecule has 1 amide bonds. The van der Waals surface area contributed by atoms with Gasteiger partial charge in [-0.05, 0) is 47.7 Å². The van der Waals surface area contributed by atoms with Crippen molar-refractivity contribution in [2.45, 2.75) is 32.4 Å². The summed E-state index contributed by atoms with van der Waals surface area (Å²) in [6, 6.07) is 15.6. The minimum Gasteiger partial charge on any atom is -0.342 e. The summed E-state index contributed by atoms with van der Waals surface area (Å²) in [5.74, 6) is -0.271. The van der Waals surface area contributed by atoms with Gasteiger partial charge in [0, 0.05) is 17.1 Å². The molecule has 0 aromatic heterocycles. The maximum absolute atomic E-state index is 13.2. The van der Waals surface area contributed by atoms with Crippen LogP contribution in [-0.2, 0) is 4.79 Å². The normalized spacial score (nSPS) is 17.7. The Morgan fingerprint density at radius 2 is 1.75 bits per heavy atom. The number of ketones is 1. The van der Waals surface area contributed by atoms with E-state index in [0.29, 0.717) is 17.1 Å². The quantitative estimate of drug-likeness (QED) is 0.772. The Kier molecular flexibility index (Phi) is 6.65. The summed E-state index contributed by atoms with van der Waals surface area (Å²) in [4.78, 5) is 25.7. The second-order valence-corrected chi connectivity index (χ2v) is 7.78. The fourth-order valence-electron chi connectivity index (χ4n) is 3.37. The van der Waals surface area contributed by atoms with E-state index < -0.39 is 12.1 Å². The van der Waals surface area contributed by atoms with Crippen molar-refractivity contribution in [3.63, 3.8) is 0 Å². The fourth-order valence-corrected chi connectivity index (χ4v) is 3.49. The predicted octanol–water partition coefficient (Wildman–Crippen LogP) is 4.11. The number of nitrogens with one attached hydrogen (secondary N) is 2. The summed E-state index contributed by atoms with van der Waals surface area (Å²) in [5, 5.41) is 6.88. The zero-order chi connectivity index (χ0) is 20.1. The molecule has 1 heterocycles. The molecule has 2 atom stereocenters. The van der Waals surface area contributed by atoms with Crippen LogP contribution in [0, 0.1) is 5.92 Å². The molecule has 0 radical (unpaired) electrons. The van der Waals surface area contributed by atoms with E-state index in [1.807, 2.05) is 62.4 Å². The first-order valence-electron chi connectivity index (χ1n) is 9.55. The number of hydrogen-bond acceptors (Lipinski definition) is 3. The Morgan fingerprint density at radius 3 is 2.39 bits per heavy atom. The van der Waals surface area contributed by atoms with E-state index in [-0.39, 0.29) is 17.6 Å². The summed E-state index contributed by atoms with van der Waals surface area (Å²) in [6.07, 6.45) is 2.81. The van der Waals surface area contributed by atoms with E-state index in [1.165, 1.54) is 0 Å². The highest BCUT2D eigenvalue weighted by Gasteiger charge is 2.31. The van der Waals surface area contributed by atoms with Crippen molar-refractivity contribution in [2.75, 3.05) is 6.54 Å². The molecule has 28 heavy (non-hydrogen) atoms. The van der Waals surface area contributed by atoms with Crippen LogP contribution in [0.2, 0.25) is 5.02 Å². The van der Waals surface area contributed by atoms with E-state index in [2.05, 4.69) is 10.6 Å². The van der Waals surface area contributed by atoms with Gasteiger partial charge in [-0.1, -0.05) is 61.9 Å². The van der Waals surface area contributed by atoms with Crippen molar-refractivity contribution in [1.82, 2.24) is 10.6 Å². The van der Waals surface area contributed by atoms with E-state index in [1.54, 1.807) is 12.1 Å². The topological polar surface area (TPSA) is 58.2 Å². The SMILES string of the molecule is CC(C)C(NC(=O)c1ccccc1)C(=O)C1C=C(c2ccc(Cl)cc2)CCN1. The monoisotopic (exact) mass is 396 g/mol. The average molecular weight is 397 g/mol. The van der Waals surface area contributed by atoms with Crippen LogP contribution < -0.4 is 10.6 Å². The number of carbonyl (C=O) groups excluding carboxylic acids is 2. The highest BCUT2D eigenvalue weighted by atomic mass is 35.5. The van der Waals surface area contributed by atoms with Crippen LogP contribution in [-0.4, -0.2) is 30.3 Å². The van der Waals surface area contributed by atoms with Crippen LogP contribution in [0.5, 0.6) is 0 Å². The lowest BCUT2D eigenvalue weighted by molar-refractivity contribution is -0.122. The van der Waals surface area contributed by atoms with Crippen LogP contribution >= 0.6 is 11.6 Å². The summed E-state index contributed by atoms with van der Waals surface area (Å²) in [5.41, 5.74) is 2.73. The van der Waals surface area contributed by atoms with E-state index in [4.69, 9.17) is 11.6 Å². The third kappa shape index (κ3) is 4.89. The van der Waals surface area contributed by atoms with Crippen molar-refractivity contribution >= 4 is 28.9 Å². The van der Waals surface area contributed by atoms with Crippen molar-refractivity contribution in [2.24, 2.45) is 5.92 Å². The summed E-state index contributed by atoms with van der Waals surface area (Å²) >= 11 is 5.98. The molecule has 0 spiro atoms. The van der Waals surface area contributed by atoms with Crippen LogP contribution in [0.15, 0.2) is 60.7 Å². The summed E-state index contributed by atoms with van der Waals surface area (Å²) < 4.78 is 0. The lowest BCUT2D eigenvalue weighted by Crippen LogP contribution is -2.52. The van der Waals surface area contributed by atoms with Crippen molar-refractivity contribution < 1.29 is 9.59 Å². The first-order chi connectivity index (χ1) is 13.5. The number of carbonyl (C=O) groups is 2. The highest BCUT2D eigenvalue weighted by molar-refractivity contribution is 6.30. The third-order valence-corrected chi connectivity index (χ3v) is 5.20. The molecule has 146 valence electrons. The molecule has 2 aromatic rings. The molecular weight excluding hydrogens is 372 g/mol. The van der Waals surface area contributed by atoms with Gasteiger partial charge in [0.2, 0.25) is 0 Å². The molecule has 0 fully saturated rings. The van der Waals surface area contributed by atoms with Gasteiger partial charge in [-0.3, -0.25) is 9.59 Å². The Balaban J connectivity index is 1.78. The van der Waals surface area contributed by atoms with Crippen LogP contribution in [0.4, 0.5) is 0 Å². The maximum atomic E-state index is 13.2. The van der Waals surface area contributed by atoms with Gasteiger partial charge in [-0.15, -0.1) is 0 Å². The number of Topliss-reactive ketones (excluding diaryl/α,β-unsaturated/α-hetero) is 1. The summed E-state index contributed by atoms with van der Waals surface area (Å²) in [6.45, 7) is 4.60. The Morgan fingerprint density at radius 1 is 1.07 bits per heavy atom. The molecule has 0 aliphatic carbocycles. The van der Waals surface area contributed by atoms with E-state index in [9.17, 15) is 9.59 Å². The van der Waals surface area contributed by atoms with Crippen molar-refractivity contribution in [3.8, 4) is 0 Å². The molecule has 1 aliphatic rings. The predicted molar refractivity (Wildman–Crippen MR) is 113 cm³/mol. The fraction of sp³-hybridized carbons (Fsp3) is 0.304. The maximum Gasteiger partial charge on any atom is 0.251 e. The van der Waals surface area contributed by atoms with Gasteiger partial charge in [-0.25, -0.2) is 0 Å². The molecule has 2 aromatic carbocycles. The first-order valence-corrected chi connectivity index (χ1v) is 9.93. The summed E-state index contributed by atoms with van der Waals surface area (Å²) in [7, 11) is 0. The Bertz CT molecular complexity index is 860. The third-order valence-electron chi connectivity index (χ3n) is 4.94. The van der Waals surface area contributed by atoms with Gasteiger partial charge in [-0.2, -0.15) is 0 Å². The Labute approximate surface area is 171 Å². The number of benzene rings is 2. The largest absolute Gasteiger partial charge is 0.342 e. The van der Waals surface area contributed by atoms with Crippen LogP contribution in [0.25, 0.3) is 5.57 Å². The lowest BCUT2D eigenvalue weighted by atomic mass is 9.90. The molecule has 0 bridgehead atoms. The van der Waals surface area contributed by atoms with Crippen LogP contribution in [0.1, 0.15) is 36.2 Å². The highest BCUT2D eigenvalue weighted by Crippen LogP contribution is 2.24. The first kappa shape index (κ1) is 20.3. The van der Waals surface area contributed by atoms with Crippen molar-refractivity contribution in [3.05, 3.63) is 76.8 Å². The number of hydrogen-bond donors (Lipinski definition) is 2. The van der Waals surface area contributed by atoms with Gasteiger partial charge in [0.1, 0.15) is 0 Å². The van der Waals surface area contributed by atoms with Gasteiger partial charge in [0.25, 0.3) is 5.91 Å². The molecular formula is C23H25ClN2O2. The molecule has 0 saturated carbocycles. The molecule has 3 rings (SSSR count). The van der Waals surface area contributed by atoms with Gasteiger partial charge in [0.05, 0.1) is 12.1 Å². The van der Waals surface area contributed by atoms with Gasteiger partial charge in [0.15, 0.2) is 5.78 Å². The van der Waals surface area contributed by atoms with Gasteiger partial charge >= 0.3 is 0 Å². The Hall–Kier alpha value is -2.43.